The molecule has 0 spiro atoms. The van der Waals surface area contributed by atoms with E-state index in [1.54, 1.807) is 17.0 Å². The van der Waals surface area contributed by atoms with Gasteiger partial charge in [0.05, 0.1) is 24.4 Å². The van der Waals surface area contributed by atoms with Crippen LogP contribution in [0, 0.1) is 23.6 Å². The molecule has 3 fully saturated rings. The van der Waals surface area contributed by atoms with Crippen molar-refractivity contribution in [2.24, 2.45) is 5.92 Å². The summed E-state index contributed by atoms with van der Waals surface area (Å²) in [6.07, 6.45) is 4.87. The molecule has 3 aliphatic rings. The van der Waals surface area contributed by atoms with Gasteiger partial charge in [-0.25, -0.2) is 9.18 Å². The number of carbonyl (C=O) groups excluding carboxylic acids is 2. The molecule has 3 amide bonds. The van der Waals surface area contributed by atoms with Gasteiger partial charge < -0.3 is 20.2 Å². The molecule has 2 aliphatic heterocycles. The number of aliphatic hydroxyl groups excluding tert-OH is 1. The molecule has 2 aromatic carbocycles. The minimum Gasteiger partial charge on any atom is -0.394 e. The van der Waals surface area contributed by atoms with E-state index in [2.05, 4.69) is 17.2 Å². The van der Waals surface area contributed by atoms with E-state index < -0.39 is 11.8 Å². The number of nitrogens with zero attached hydrogens (tertiary/aromatic N) is 2. The predicted octanol–water partition coefficient (Wildman–Crippen LogP) is 3.57. The number of hydrogen-bond acceptors (Lipinski definition) is 3. The van der Waals surface area contributed by atoms with E-state index in [1.807, 2.05) is 24.3 Å². The molecule has 2 N–H and O–H groups in total. The van der Waals surface area contributed by atoms with Crippen LogP contribution in [0.3, 0.4) is 0 Å². The smallest absolute Gasteiger partial charge is 0.322 e. The molecule has 2 heterocycles. The standard InChI is InChI=1S/C27H28FN3O3/c28-21-7-3-4-8-22(21)29-27(34)30-15-23-26(24(17-32)31(23)25(33)16-30)20-13-11-19(12-14-20)10-9-18-5-1-2-6-18/h3-4,7-8,11-14,18,23-24,26,32H,1-2,5-6,15-17H2,(H,29,34)/t23-,24+,26-/m1/s1. The summed E-state index contributed by atoms with van der Waals surface area (Å²) in [4.78, 5) is 28.7. The van der Waals surface area contributed by atoms with Gasteiger partial charge in [-0.1, -0.05) is 48.9 Å². The number of para-hydroxylation sites is 1. The first-order valence-corrected chi connectivity index (χ1v) is 11.9. The van der Waals surface area contributed by atoms with Crippen LogP contribution in [0.4, 0.5) is 14.9 Å². The zero-order valence-electron chi connectivity index (χ0n) is 18.9. The molecular weight excluding hydrogens is 433 g/mol. The van der Waals surface area contributed by atoms with Gasteiger partial charge in [0, 0.05) is 23.9 Å². The van der Waals surface area contributed by atoms with E-state index in [9.17, 15) is 19.1 Å². The van der Waals surface area contributed by atoms with E-state index in [4.69, 9.17) is 0 Å². The van der Waals surface area contributed by atoms with E-state index >= 15 is 0 Å². The summed E-state index contributed by atoms with van der Waals surface area (Å²) in [5.74, 6) is 6.30. The van der Waals surface area contributed by atoms with E-state index in [-0.39, 0.29) is 42.7 Å². The summed E-state index contributed by atoms with van der Waals surface area (Å²) in [5.41, 5.74) is 2.05. The van der Waals surface area contributed by atoms with E-state index in [0.29, 0.717) is 12.5 Å². The summed E-state index contributed by atoms with van der Waals surface area (Å²) in [6, 6.07) is 12.9. The zero-order chi connectivity index (χ0) is 23.7. The van der Waals surface area contributed by atoms with Crippen molar-refractivity contribution >= 4 is 17.6 Å². The van der Waals surface area contributed by atoms with Crippen molar-refractivity contribution in [2.75, 3.05) is 25.0 Å². The first-order chi connectivity index (χ1) is 16.5. The lowest BCUT2D eigenvalue weighted by Crippen LogP contribution is -2.73. The maximum absolute atomic E-state index is 14.0. The number of anilines is 1. The minimum atomic E-state index is -0.529. The van der Waals surface area contributed by atoms with Crippen molar-refractivity contribution in [3.63, 3.8) is 0 Å². The molecule has 0 aromatic heterocycles. The lowest BCUT2D eigenvalue weighted by molar-refractivity contribution is -0.159. The number of hydrogen-bond donors (Lipinski definition) is 2. The molecule has 0 unspecified atom stereocenters. The lowest BCUT2D eigenvalue weighted by Gasteiger charge is -2.58. The Morgan fingerprint density at radius 3 is 2.56 bits per heavy atom. The Kier molecular flexibility index (Phi) is 6.25. The molecule has 3 atom stereocenters. The number of urea groups is 1. The zero-order valence-corrected chi connectivity index (χ0v) is 18.9. The first-order valence-electron chi connectivity index (χ1n) is 11.9. The highest BCUT2D eigenvalue weighted by Crippen LogP contribution is 2.43. The topological polar surface area (TPSA) is 72.9 Å². The maximum Gasteiger partial charge on any atom is 0.322 e. The molecular formula is C27H28FN3O3. The third-order valence-electron chi connectivity index (χ3n) is 7.23. The number of amides is 3. The fourth-order valence-corrected chi connectivity index (χ4v) is 5.46. The number of nitrogens with one attached hydrogen (secondary N) is 1. The monoisotopic (exact) mass is 461 g/mol. The largest absolute Gasteiger partial charge is 0.394 e. The van der Waals surface area contributed by atoms with E-state index in [1.165, 1.54) is 42.7 Å². The molecule has 2 aromatic rings. The Morgan fingerprint density at radius 2 is 1.85 bits per heavy atom. The Bertz CT molecular complexity index is 1130. The van der Waals surface area contributed by atoms with Crippen LogP contribution in [-0.2, 0) is 4.79 Å². The van der Waals surface area contributed by atoms with E-state index in [0.717, 1.165) is 11.1 Å². The summed E-state index contributed by atoms with van der Waals surface area (Å²) in [5, 5.41) is 12.5. The Morgan fingerprint density at radius 1 is 1.12 bits per heavy atom. The van der Waals surface area contributed by atoms with Crippen molar-refractivity contribution < 1.29 is 19.1 Å². The number of benzene rings is 2. The third-order valence-corrected chi connectivity index (χ3v) is 7.23. The van der Waals surface area contributed by atoms with Crippen molar-refractivity contribution in [2.45, 2.75) is 43.7 Å². The number of rotatable bonds is 3. The Labute approximate surface area is 198 Å². The first kappa shape index (κ1) is 22.4. The number of halogens is 1. The molecule has 7 heteroatoms. The average Bonchev–Trinajstić information content (AvgIpc) is 3.35. The van der Waals surface area contributed by atoms with Crippen LogP contribution < -0.4 is 5.32 Å². The molecule has 2 saturated heterocycles. The quantitative estimate of drug-likeness (QED) is 0.687. The Balaban J connectivity index is 1.30. The number of fused-ring (bicyclic) bond motifs is 1. The lowest BCUT2D eigenvalue weighted by atomic mass is 9.73. The van der Waals surface area contributed by atoms with Crippen LogP contribution in [-0.4, -0.2) is 58.6 Å². The van der Waals surface area contributed by atoms with Gasteiger partial charge in [0.2, 0.25) is 5.91 Å². The molecule has 0 radical (unpaired) electrons. The van der Waals surface area contributed by atoms with Crippen molar-refractivity contribution in [1.82, 2.24) is 9.80 Å². The second kappa shape index (κ2) is 9.47. The van der Waals surface area contributed by atoms with Crippen LogP contribution in [0.1, 0.15) is 42.7 Å². The van der Waals surface area contributed by atoms with Gasteiger partial charge in [0.15, 0.2) is 0 Å². The van der Waals surface area contributed by atoms with Crippen LogP contribution >= 0.6 is 0 Å². The highest BCUT2D eigenvalue weighted by atomic mass is 19.1. The molecule has 5 rings (SSSR count). The second-order valence-electron chi connectivity index (χ2n) is 9.31. The molecule has 34 heavy (non-hydrogen) atoms. The van der Waals surface area contributed by atoms with Gasteiger partial charge in [-0.05, 0) is 42.7 Å². The molecule has 6 nitrogen and oxygen atoms in total. The van der Waals surface area contributed by atoms with Crippen LogP contribution in [0.5, 0.6) is 0 Å². The molecule has 0 bridgehead atoms. The van der Waals surface area contributed by atoms with Crippen LogP contribution in [0.15, 0.2) is 48.5 Å². The maximum atomic E-state index is 14.0. The predicted molar refractivity (Wildman–Crippen MR) is 127 cm³/mol. The average molecular weight is 462 g/mol. The van der Waals surface area contributed by atoms with Gasteiger partial charge in [0.25, 0.3) is 0 Å². The summed E-state index contributed by atoms with van der Waals surface area (Å²) >= 11 is 0. The SMILES string of the molecule is O=C(Nc1ccccc1F)N1CC(=O)N2[C@H](C1)[C@@H](c1ccc(C#CC3CCCC3)cc1)[C@@H]2CO. The molecule has 1 aliphatic carbocycles. The Hall–Kier alpha value is -3.37. The highest BCUT2D eigenvalue weighted by molar-refractivity contribution is 5.94. The number of piperazine rings is 1. The summed E-state index contributed by atoms with van der Waals surface area (Å²) in [6.45, 7) is 0.0731. The normalized spacial score (nSPS) is 24.2. The van der Waals surface area contributed by atoms with Gasteiger partial charge in [-0.2, -0.15) is 0 Å². The summed E-state index contributed by atoms with van der Waals surface area (Å²) < 4.78 is 14.0. The molecule has 1 saturated carbocycles. The van der Waals surface area contributed by atoms with Crippen molar-refractivity contribution in [3.05, 3.63) is 65.5 Å². The highest BCUT2D eigenvalue weighted by Gasteiger charge is 2.54. The summed E-state index contributed by atoms with van der Waals surface area (Å²) in [7, 11) is 0. The minimum absolute atomic E-state index is 0.0788. The second-order valence-corrected chi connectivity index (χ2v) is 9.31. The van der Waals surface area contributed by atoms with Crippen molar-refractivity contribution in [1.29, 1.82) is 0 Å². The van der Waals surface area contributed by atoms with Crippen molar-refractivity contribution in [3.8, 4) is 11.8 Å². The van der Waals surface area contributed by atoms with Crippen LogP contribution in [0.2, 0.25) is 0 Å². The number of carbonyl (C=O) groups is 2. The van der Waals surface area contributed by atoms with Gasteiger partial charge >= 0.3 is 6.03 Å². The number of aliphatic hydroxyl groups is 1. The third kappa shape index (κ3) is 4.26. The fraction of sp³-hybridized carbons (Fsp3) is 0.407. The van der Waals surface area contributed by atoms with Gasteiger partial charge in [-0.3, -0.25) is 4.79 Å². The fourth-order valence-electron chi connectivity index (χ4n) is 5.46. The van der Waals surface area contributed by atoms with Gasteiger partial charge in [0.1, 0.15) is 12.4 Å². The van der Waals surface area contributed by atoms with Crippen LogP contribution in [0.25, 0.3) is 0 Å². The van der Waals surface area contributed by atoms with Gasteiger partial charge in [-0.15, -0.1) is 0 Å². The molecule has 176 valence electrons.